The Bertz CT molecular complexity index is 1390. The highest BCUT2D eigenvalue weighted by molar-refractivity contribution is 7.17. The molecule has 2 heterocycles. The van der Waals surface area contributed by atoms with Crippen LogP contribution in [-0.2, 0) is 14.3 Å². The number of anilines is 1. The summed E-state index contributed by atoms with van der Waals surface area (Å²) in [5.74, 6) is -2.16. The number of carbonyl (C=O) groups excluding carboxylic acids is 3. The first-order chi connectivity index (χ1) is 17.3. The minimum Gasteiger partial charge on any atom is -0.507 e. The van der Waals surface area contributed by atoms with Crippen molar-refractivity contribution in [2.45, 2.75) is 19.9 Å². The molecule has 36 heavy (non-hydrogen) atoms. The van der Waals surface area contributed by atoms with Gasteiger partial charge in [-0.15, -0.1) is 0 Å². The Morgan fingerprint density at radius 1 is 1.19 bits per heavy atom. The van der Waals surface area contributed by atoms with Crippen LogP contribution in [0, 0.1) is 13.8 Å². The number of hydrogen-bond donors (Lipinski definition) is 1. The first kappa shape index (κ1) is 24.9. The van der Waals surface area contributed by atoms with E-state index in [1.165, 1.54) is 18.1 Å². The summed E-state index contributed by atoms with van der Waals surface area (Å²) in [6, 6.07) is 12.9. The molecule has 4 rings (SSSR count). The second kappa shape index (κ2) is 10.2. The van der Waals surface area contributed by atoms with Crippen molar-refractivity contribution in [3.8, 4) is 5.75 Å². The number of aliphatic hydroxyl groups excluding tert-OH is 1. The molecule has 1 saturated heterocycles. The molecule has 1 aliphatic heterocycles. The van der Waals surface area contributed by atoms with Crippen LogP contribution in [0.2, 0.25) is 0 Å². The van der Waals surface area contributed by atoms with E-state index in [-0.39, 0.29) is 27.9 Å². The fraction of sp³-hybridized carbons (Fsp3) is 0.185. The van der Waals surface area contributed by atoms with Crippen LogP contribution in [0.4, 0.5) is 5.13 Å². The highest BCUT2D eigenvalue weighted by Gasteiger charge is 2.48. The maximum Gasteiger partial charge on any atom is 0.350 e. The van der Waals surface area contributed by atoms with Crippen LogP contribution in [0.25, 0.3) is 5.76 Å². The van der Waals surface area contributed by atoms with Gasteiger partial charge in [0, 0.05) is 5.56 Å². The van der Waals surface area contributed by atoms with Gasteiger partial charge in [0.1, 0.15) is 23.0 Å². The SMILES string of the molecule is C=CCOC(=O)c1sc(N2C(=O)C(=O)/C(=C(/O)c3cccc(OC)c3)C2c2ccc(C)cc2)nc1C. The molecule has 1 atom stereocenters. The van der Waals surface area contributed by atoms with Gasteiger partial charge in [0.05, 0.1) is 24.4 Å². The Kier molecular flexibility index (Phi) is 7.03. The first-order valence-corrected chi connectivity index (χ1v) is 11.9. The zero-order chi connectivity index (χ0) is 26.0. The van der Waals surface area contributed by atoms with Crippen LogP contribution < -0.4 is 9.64 Å². The van der Waals surface area contributed by atoms with E-state index in [0.717, 1.165) is 16.9 Å². The van der Waals surface area contributed by atoms with Gasteiger partial charge in [-0.25, -0.2) is 9.78 Å². The molecular weight excluding hydrogens is 480 g/mol. The Balaban J connectivity index is 1.88. The van der Waals surface area contributed by atoms with E-state index in [1.807, 2.05) is 19.1 Å². The maximum absolute atomic E-state index is 13.3. The number of nitrogens with zero attached hydrogens (tertiary/aromatic N) is 2. The number of methoxy groups -OCH3 is 1. The van der Waals surface area contributed by atoms with Crippen molar-refractivity contribution in [3.05, 3.63) is 94.0 Å². The molecule has 0 radical (unpaired) electrons. The molecule has 0 aliphatic carbocycles. The predicted octanol–water partition coefficient (Wildman–Crippen LogP) is 4.74. The molecule has 1 unspecified atom stereocenters. The van der Waals surface area contributed by atoms with Crippen molar-refractivity contribution in [3.63, 3.8) is 0 Å². The minimum atomic E-state index is -0.959. The third-order valence-electron chi connectivity index (χ3n) is 5.69. The average molecular weight is 505 g/mol. The number of ketones is 1. The molecule has 184 valence electrons. The number of rotatable bonds is 7. The van der Waals surface area contributed by atoms with Crippen molar-refractivity contribution in [2.75, 3.05) is 18.6 Å². The van der Waals surface area contributed by atoms with Crippen LogP contribution in [0.3, 0.4) is 0 Å². The number of hydrogen-bond acceptors (Lipinski definition) is 8. The van der Waals surface area contributed by atoms with Crippen LogP contribution >= 0.6 is 11.3 Å². The van der Waals surface area contributed by atoms with Crippen LogP contribution in [0.15, 0.2) is 66.8 Å². The van der Waals surface area contributed by atoms with E-state index in [2.05, 4.69) is 11.6 Å². The van der Waals surface area contributed by atoms with Crippen molar-refractivity contribution >= 4 is 39.9 Å². The van der Waals surface area contributed by atoms with Crippen LogP contribution in [0.1, 0.15) is 38.1 Å². The summed E-state index contributed by atoms with van der Waals surface area (Å²) < 4.78 is 10.4. The van der Waals surface area contributed by atoms with Gasteiger partial charge in [-0.2, -0.15) is 0 Å². The summed E-state index contributed by atoms with van der Waals surface area (Å²) in [5, 5.41) is 11.4. The maximum atomic E-state index is 13.3. The van der Waals surface area contributed by atoms with E-state index in [4.69, 9.17) is 9.47 Å². The highest BCUT2D eigenvalue weighted by atomic mass is 32.1. The third kappa shape index (κ3) is 4.52. The van der Waals surface area contributed by atoms with Crippen molar-refractivity contribution in [2.24, 2.45) is 0 Å². The monoisotopic (exact) mass is 504 g/mol. The molecule has 0 saturated carbocycles. The fourth-order valence-corrected chi connectivity index (χ4v) is 4.88. The lowest BCUT2D eigenvalue weighted by Crippen LogP contribution is -2.29. The minimum absolute atomic E-state index is 0.0277. The Labute approximate surface area is 212 Å². The number of amides is 1. The molecule has 0 spiro atoms. The van der Waals surface area contributed by atoms with Gasteiger partial charge in [-0.3, -0.25) is 14.5 Å². The zero-order valence-electron chi connectivity index (χ0n) is 20.0. The normalized spacial score (nSPS) is 16.8. The van der Waals surface area contributed by atoms with Gasteiger partial charge in [-0.1, -0.05) is 66.0 Å². The lowest BCUT2D eigenvalue weighted by Gasteiger charge is -2.23. The molecule has 9 heteroatoms. The van der Waals surface area contributed by atoms with E-state index in [1.54, 1.807) is 43.3 Å². The third-order valence-corrected chi connectivity index (χ3v) is 6.83. The van der Waals surface area contributed by atoms with Crippen LogP contribution in [0.5, 0.6) is 5.75 Å². The van der Waals surface area contributed by atoms with Crippen molar-refractivity contribution in [1.82, 2.24) is 4.98 Å². The quantitative estimate of drug-likeness (QED) is 0.163. The Hall–Kier alpha value is -4.24. The number of thiazole rings is 1. The average Bonchev–Trinajstić information content (AvgIpc) is 3.39. The number of aliphatic hydroxyl groups is 1. The number of aryl methyl sites for hydroxylation is 2. The smallest absolute Gasteiger partial charge is 0.350 e. The Morgan fingerprint density at radius 3 is 2.58 bits per heavy atom. The molecule has 1 N–H and O–H groups in total. The zero-order valence-corrected chi connectivity index (χ0v) is 20.8. The lowest BCUT2D eigenvalue weighted by atomic mass is 9.95. The second-order valence-corrected chi connectivity index (χ2v) is 9.09. The van der Waals surface area contributed by atoms with Gasteiger partial charge in [0.25, 0.3) is 5.78 Å². The number of benzene rings is 2. The highest BCUT2D eigenvalue weighted by Crippen LogP contribution is 2.44. The molecule has 1 amide bonds. The largest absolute Gasteiger partial charge is 0.507 e. The van der Waals surface area contributed by atoms with Crippen molar-refractivity contribution in [1.29, 1.82) is 0 Å². The van der Waals surface area contributed by atoms with E-state index in [9.17, 15) is 19.5 Å². The summed E-state index contributed by atoms with van der Waals surface area (Å²) in [5.41, 5.74) is 2.20. The summed E-state index contributed by atoms with van der Waals surface area (Å²) in [7, 11) is 1.49. The van der Waals surface area contributed by atoms with Gasteiger partial charge >= 0.3 is 11.9 Å². The van der Waals surface area contributed by atoms with Crippen molar-refractivity contribution < 1.29 is 29.0 Å². The summed E-state index contributed by atoms with van der Waals surface area (Å²) in [6.07, 6.45) is 1.45. The molecular formula is C27H24N2O6S. The molecule has 0 bridgehead atoms. The second-order valence-electron chi connectivity index (χ2n) is 8.11. The number of carbonyl (C=O) groups is 3. The lowest BCUT2D eigenvalue weighted by molar-refractivity contribution is -0.132. The molecule has 2 aromatic carbocycles. The number of aromatic nitrogens is 1. The van der Waals surface area contributed by atoms with E-state index in [0.29, 0.717) is 22.6 Å². The number of Topliss-reactive ketones (excluding diaryl/α,β-unsaturated/α-hetero) is 1. The fourth-order valence-electron chi connectivity index (χ4n) is 3.89. The standard InChI is InChI=1S/C27H24N2O6S/c1-5-13-35-26(33)24-16(3)28-27(36-24)29-21(17-11-9-15(2)10-12-17)20(23(31)25(29)32)22(30)18-7-6-8-19(14-18)34-4/h5-12,14,21,30H,1,13H2,2-4H3/b22-20+. The summed E-state index contributed by atoms with van der Waals surface area (Å²) >= 11 is 0.947. The summed E-state index contributed by atoms with van der Waals surface area (Å²) in [4.78, 5) is 45.0. The number of esters is 1. The van der Waals surface area contributed by atoms with Crippen LogP contribution in [-0.4, -0.2) is 41.5 Å². The molecule has 1 aromatic heterocycles. The molecule has 1 fully saturated rings. The van der Waals surface area contributed by atoms with Gasteiger partial charge in [-0.05, 0) is 31.5 Å². The van der Waals surface area contributed by atoms with E-state index < -0.39 is 23.7 Å². The number of ether oxygens (including phenoxy) is 2. The first-order valence-electron chi connectivity index (χ1n) is 11.0. The van der Waals surface area contributed by atoms with Gasteiger partial charge in [0.15, 0.2) is 5.13 Å². The van der Waals surface area contributed by atoms with E-state index >= 15 is 0 Å². The molecule has 8 nitrogen and oxygen atoms in total. The van der Waals surface area contributed by atoms with Gasteiger partial charge < -0.3 is 14.6 Å². The predicted molar refractivity (Wildman–Crippen MR) is 136 cm³/mol. The van der Waals surface area contributed by atoms with Gasteiger partial charge in [0.2, 0.25) is 0 Å². The topological polar surface area (TPSA) is 106 Å². The molecule has 1 aliphatic rings. The molecule has 3 aromatic rings. The Morgan fingerprint density at radius 2 is 1.92 bits per heavy atom. The summed E-state index contributed by atoms with van der Waals surface area (Å²) in [6.45, 7) is 7.10.